The molecule has 0 bridgehead atoms. The summed E-state index contributed by atoms with van der Waals surface area (Å²) in [5.41, 5.74) is 2.10. The van der Waals surface area contributed by atoms with Crippen LogP contribution < -0.4 is 5.32 Å². The Labute approximate surface area is 134 Å². The second-order valence-electron chi connectivity index (χ2n) is 5.64. The molecule has 0 amide bonds. The first-order valence-electron chi connectivity index (χ1n) is 7.22. The summed E-state index contributed by atoms with van der Waals surface area (Å²) in [4.78, 5) is 7.71. The maximum absolute atomic E-state index is 9.37. The van der Waals surface area contributed by atoms with Gasteiger partial charge < -0.3 is 15.4 Å². The van der Waals surface area contributed by atoms with Gasteiger partial charge in [0, 0.05) is 16.1 Å². The number of hydrogen-bond donors (Lipinski definition) is 3. The van der Waals surface area contributed by atoms with E-state index < -0.39 is 0 Å². The Bertz CT molecular complexity index is 568. The minimum Gasteiger partial charge on any atom is -0.395 e. The largest absolute Gasteiger partial charge is 0.395 e. The summed E-state index contributed by atoms with van der Waals surface area (Å²) >= 11 is 3.47. The normalized spacial score (nSPS) is 12.8. The summed E-state index contributed by atoms with van der Waals surface area (Å²) in [6.45, 7) is 5.09. The zero-order valence-corrected chi connectivity index (χ0v) is 14.0. The minimum absolute atomic E-state index is 0.115. The molecule has 0 saturated heterocycles. The molecule has 0 aliphatic heterocycles. The van der Waals surface area contributed by atoms with Gasteiger partial charge in [0.05, 0.1) is 25.0 Å². The van der Waals surface area contributed by atoms with Crippen LogP contribution in [0.2, 0.25) is 0 Å². The molecule has 0 aliphatic carbocycles. The molecule has 1 aromatic carbocycles. The molecule has 114 valence electrons. The van der Waals surface area contributed by atoms with Crippen molar-refractivity contribution in [2.75, 3.05) is 6.61 Å². The summed E-state index contributed by atoms with van der Waals surface area (Å²) < 4.78 is 1.05. The lowest BCUT2D eigenvalue weighted by atomic mass is 10.0. The zero-order chi connectivity index (χ0) is 15.2. The molecule has 0 saturated carbocycles. The highest BCUT2D eigenvalue weighted by atomic mass is 79.9. The zero-order valence-electron chi connectivity index (χ0n) is 12.4. The van der Waals surface area contributed by atoms with E-state index in [1.165, 1.54) is 0 Å². The third-order valence-electron chi connectivity index (χ3n) is 3.30. The fourth-order valence-electron chi connectivity index (χ4n) is 2.29. The van der Waals surface area contributed by atoms with Crippen LogP contribution in [0.4, 0.5) is 0 Å². The van der Waals surface area contributed by atoms with Crippen molar-refractivity contribution in [1.29, 1.82) is 0 Å². The monoisotopic (exact) mass is 351 g/mol. The van der Waals surface area contributed by atoms with E-state index in [0.29, 0.717) is 12.5 Å². The lowest BCUT2D eigenvalue weighted by Gasteiger charge is -2.17. The van der Waals surface area contributed by atoms with Crippen LogP contribution in [-0.2, 0) is 6.54 Å². The van der Waals surface area contributed by atoms with E-state index in [2.05, 4.69) is 51.1 Å². The summed E-state index contributed by atoms with van der Waals surface area (Å²) in [7, 11) is 0. The van der Waals surface area contributed by atoms with Gasteiger partial charge in [0.2, 0.25) is 0 Å². The van der Waals surface area contributed by atoms with Gasteiger partial charge in [-0.1, -0.05) is 41.9 Å². The van der Waals surface area contributed by atoms with E-state index in [-0.39, 0.29) is 12.6 Å². The number of nitrogens with one attached hydrogen (secondary N) is 2. The van der Waals surface area contributed by atoms with Gasteiger partial charge in [-0.15, -0.1) is 0 Å². The Morgan fingerprint density at radius 1 is 1.38 bits per heavy atom. The lowest BCUT2D eigenvalue weighted by Crippen LogP contribution is -2.33. The third-order valence-corrected chi connectivity index (χ3v) is 3.79. The van der Waals surface area contributed by atoms with E-state index in [1.807, 2.05) is 24.4 Å². The molecule has 1 aromatic heterocycles. The molecule has 1 atom stereocenters. The molecule has 5 heteroatoms. The molecule has 1 heterocycles. The van der Waals surface area contributed by atoms with Crippen molar-refractivity contribution in [1.82, 2.24) is 15.3 Å². The van der Waals surface area contributed by atoms with Gasteiger partial charge in [-0.05, 0) is 24.5 Å². The van der Waals surface area contributed by atoms with Gasteiger partial charge in [-0.25, -0.2) is 4.98 Å². The van der Waals surface area contributed by atoms with Gasteiger partial charge in [-0.3, -0.25) is 0 Å². The van der Waals surface area contributed by atoms with Gasteiger partial charge in [0.1, 0.15) is 5.82 Å². The van der Waals surface area contributed by atoms with Crippen molar-refractivity contribution in [3.63, 3.8) is 0 Å². The molecule has 4 nitrogen and oxygen atoms in total. The fraction of sp³-hybridized carbons (Fsp3) is 0.438. The average Bonchev–Trinajstić information content (AvgIpc) is 2.92. The van der Waals surface area contributed by atoms with Crippen molar-refractivity contribution in [2.24, 2.45) is 5.92 Å². The van der Waals surface area contributed by atoms with Gasteiger partial charge >= 0.3 is 0 Å². The quantitative estimate of drug-likeness (QED) is 0.716. The third kappa shape index (κ3) is 4.95. The number of H-pyrrole nitrogens is 1. The maximum Gasteiger partial charge on any atom is 0.120 e. The van der Waals surface area contributed by atoms with Crippen LogP contribution in [0.15, 0.2) is 34.9 Å². The SMILES string of the molecule is CC(C)CC(CO)NCc1ncc(-c2cccc(Br)c2)[nH]1. The predicted octanol–water partition coefficient (Wildman–Crippen LogP) is 3.34. The highest BCUT2D eigenvalue weighted by molar-refractivity contribution is 9.10. The number of nitrogens with zero attached hydrogens (tertiary/aromatic N) is 1. The molecular formula is C16H22BrN3O. The molecule has 2 rings (SSSR count). The Morgan fingerprint density at radius 2 is 2.19 bits per heavy atom. The second-order valence-corrected chi connectivity index (χ2v) is 6.56. The highest BCUT2D eigenvalue weighted by Gasteiger charge is 2.10. The first kappa shape index (κ1) is 16.2. The molecule has 3 N–H and O–H groups in total. The number of halogens is 1. The van der Waals surface area contributed by atoms with Crippen molar-refractivity contribution in [2.45, 2.75) is 32.9 Å². The number of aliphatic hydroxyl groups is 1. The Kier molecular flexibility index (Phi) is 5.96. The number of rotatable bonds is 7. The van der Waals surface area contributed by atoms with E-state index in [0.717, 1.165) is 28.0 Å². The van der Waals surface area contributed by atoms with Crippen molar-refractivity contribution < 1.29 is 5.11 Å². The van der Waals surface area contributed by atoms with E-state index in [9.17, 15) is 5.11 Å². The summed E-state index contributed by atoms with van der Waals surface area (Å²) in [5, 5.41) is 12.7. The Hall–Kier alpha value is -1.17. The predicted molar refractivity (Wildman–Crippen MR) is 88.9 cm³/mol. The van der Waals surface area contributed by atoms with E-state index in [1.54, 1.807) is 0 Å². The van der Waals surface area contributed by atoms with Crippen LogP contribution in [0.3, 0.4) is 0 Å². The average molecular weight is 352 g/mol. The van der Waals surface area contributed by atoms with Crippen molar-refractivity contribution >= 4 is 15.9 Å². The van der Waals surface area contributed by atoms with Gasteiger partial charge in [-0.2, -0.15) is 0 Å². The number of aliphatic hydroxyl groups excluding tert-OH is 1. The van der Waals surface area contributed by atoms with Gasteiger partial charge in [0.15, 0.2) is 0 Å². The number of hydrogen-bond acceptors (Lipinski definition) is 3. The van der Waals surface area contributed by atoms with Crippen molar-refractivity contribution in [3.8, 4) is 11.3 Å². The smallest absolute Gasteiger partial charge is 0.120 e. The van der Waals surface area contributed by atoms with Crippen LogP contribution >= 0.6 is 15.9 Å². The highest BCUT2D eigenvalue weighted by Crippen LogP contribution is 2.21. The summed E-state index contributed by atoms with van der Waals surface area (Å²) in [6, 6.07) is 8.22. The molecule has 1 unspecified atom stereocenters. The summed E-state index contributed by atoms with van der Waals surface area (Å²) in [5.74, 6) is 1.44. The number of benzene rings is 1. The van der Waals surface area contributed by atoms with Gasteiger partial charge in [0.25, 0.3) is 0 Å². The Balaban J connectivity index is 1.97. The molecule has 0 spiro atoms. The first-order chi connectivity index (χ1) is 10.1. The lowest BCUT2D eigenvalue weighted by molar-refractivity contribution is 0.223. The fourth-order valence-corrected chi connectivity index (χ4v) is 2.69. The molecule has 0 fully saturated rings. The van der Waals surface area contributed by atoms with Crippen LogP contribution in [0.25, 0.3) is 11.3 Å². The number of aromatic nitrogens is 2. The van der Waals surface area contributed by atoms with E-state index in [4.69, 9.17) is 0 Å². The van der Waals surface area contributed by atoms with E-state index >= 15 is 0 Å². The van der Waals surface area contributed by atoms with Crippen LogP contribution in [-0.4, -0.2) is 27.7 Å². The number of imidazole rings is 1. The summed E-state index contributed by atoms with van der Waals surface area (Å²) in [6.07, 6.45) is 2.80. The standard InChI is InChI=1S/C16H22BrN3O/c1-11(2)6-14(10-21)18-9-16-19-8-15(20-16)12-4-3-5-13(17)7-12/h3-5,7-8,11,14,18,21H,6,9-10H2,1-2H3,(H,19,20). The van der Waals surface area contributed by atoms with Crippen molar-refractivity contribution in [3.05, 3.63) is 40.8 Å². The molecule has 21 heavy (non-hydrogen) atoms. The second kappa shape index (κ2) is 7.73. The first-order valence-corrected chi connectivity index (χ1v) is 8.02. The molecule has 0 radical (unpaired) electrons. The van der Waals surface area contributed by atoms with Crippen LogP contribution in [0, 0.1) is 5.92 Å². The van der Waals surface area contributed by atoms with Crippen LogP contribution in [0.5, 0.6) is 0 Å². The Morgan fingerprint density at radius 3 is 2.86 bits per heavy atom. The molecule has 2 aromatic rings. The van der Waals surface area contributed by atoms with Crippen LogP contribution in [0.1, 0.15) is 26.1 Å². The molecule has 0 aliphatic rings. The topological polar surface area (TPSA) is 60.9 Å². The number of aromatic amines is 1. The minimum atomic E-state index is 0.115. The maximum atomic E-state index is 9.37. The molecular weight excluding hydrogens is 330 g/mol.